The molecule has 1 aromatic heterocycles. The molecule has 1 amide bonds. The Balaban J connectivity index is 2.10. The standard InChI is InChI=1S/C12H13ClN2O3S/c1-2-17-8-3-4-9-10(7-8)19-11(14-9)15-12(16)18-6-5-13/h3-4,7H,2,5-6H2,1H3,(H,14,15,16). The highest BCUT2D eigenvalue weighted by Crippen LogP contribution is 2.29. The van der Waals surface area contributed by atoms with Crippen LogP contribution in [0.15, 0.2) is 18.2 Å². The minimum Gasteiger partial charge on any atom is -0.494 e. The quantitative estimate of drug-likeness (QED) is 0.859. The van der Waals surface area contributed by atoms with Crippen molar-refractivity contribution in [3.63, 3.8) is 0 Å². The maximum absolute atomic E-state index is 11.4. The predicted octanol–water partition coefficient (Wildman–Crippen LogP) is 3.48. The number of rotatable bonds is 5. The first-order valence-corrected chi connectivity index (χ1v) is 7.11. The highest BCUT2D eigenvalue weighted by molar-refractivity contribution is 7.22. The maximum Gasteiger partial charge on any atom is 0.413 e. The lowest BCUT2D eigenvalue weighted by molar-refractivity contribution is 0.168. The van der Waals surface area contributed by atoms with Crippen LogP contribution in [0.25, 0.3) is 10.2 Å². The van der Waals surface area contributed by atoms with E-state index in [0.717, 1.165) is 16.0 Å². The lowest BCUT2D eigenvalue weighted by atomic mass is 10.3. The topological polar surface area (TPSA) is 60.5 Å². The zero-order valence-corrected chi connectivity index (χ0v) is 11.9. The van der Waals surface area contributed by atoms with Gasteiger partial charge in [0.05, 0.1) is 22.7 Å². The minimum atomic E-state index is -0.551. The SMILES string of the molecule is CCOc1ccc2nc(NC(=O)OCCCl)sc2c1. The molecular weight excluding hydrogens is 288 g/mol. The second kappa shape index (κ2) is 6.58. The van der Waals surface area contributed by atoms with Gasteiger partial charge in [0.1, 0.15) is 12.4 Å². The van der Waals surface area contributed by atoms with E-state index in [0.29, 0.717) is 11.7 Å². The van der Waals surface area contributed by atoms with Crippen molar-refractivity contribution in [2.24, 2.45) is 0 Å². The van der Waals surface area contributed by atoms with Crippen molar-refractivity contribution in [3.05, 3.63) is 18.2 Å². The van der Waals surface area contributed by atoms with E-state index in [9.17, 15) is 4.79 Å². The summed E-state index contributed by atoms with van der Waals surface area (Å²) in [5, 5.41) is 3.05. The van der Waals surface area contributed by atoms with Gasteiger partial charge >= 0.3 is 6.09 Å². The molecule has 19 heavy (non-hydrogen) atoms. The number of anilines is 1. The molecule has 0 radical (unpaired) electrons. The number of halogens is 1. The van der Waals surface area contributed by atoms with E-state index in [1.165, 1.54) is 11.3 Å². The number of carbonyl (C=O) groups excluding carboxylic acids is 1. The zero-order chi connectivity index (χ0) is 13.7. The van der Waals surface area contributed by atoms with E-state index >= 15 is 0 Å². The third-order valence-electron chi connectivity index (χ3n) is 2.19. The Kier molecular flexibility index (Phi) is 4.81. The largest absolute Gasteiger partial charge is 0.494 e. The van der Waals surface area contributed by atoms with Crippen LogP contribution in [-0.2, 0) is 4.74 Å². The number of thiazole rings is 1. The number of aromatic nitrogens is 1. The second-order valence-corrected chi connectivity index (χ2v) is 4.94. The van der Waals surface area contributed by atoms with Crippen LogP contribution >= 0.6 is 22.9 Å². The third kappa shape index (κ3) is 3.71. The van der Waals surface area contributed by atoms with Gasteiger partial charge in [-0.05, 0) is 25.1 Å². The molecule has 0 saturated carbocycles. The van der Waals surface area contributed by atoms with Crippen LogP contribution in [0.2, 0.25) is 0 Å². The van der Waals surface area contributed by atoms with Crippen LogP contribution in [-0.4, -0.2) is 30.2 Å². The van der Waals surface area contributed by atoms with Gasteiger partial charge in [-0.1, -0.05) is 11.3 Å². The number of ether oxygens (including phenoxy) is 2. The number of nitrogens with zero attached hydrogens (tertiary/aromatic N) is 1. The van der Waals surface area contributed by atoms with Crippen LogP contribution in [0.1, 0.15) is 6.92 Å². The first-order chi connectivity index (χ1) is 9.22. The molecule has 0 aliphatic carbocycles. The van der Waals surface area contributed by atoms with E-state index < -0.39 is 6.09 Å². The van der Waals surface area contributed by atoms with Gasteiger partial charge in [0.2, 0.25) is 0 Å². The monoisotopic (exact) mass is 300 g/mol. The van der Waals surface area contributed by atoms with E-state index in [4.69, 9.17) is 21.1 Å². The van der Waals surface area contributed by atoms with E-state index in [-0.39, 0.29) is 12.5 Å². The number of amides is 1. The summed E-state index contributed by atoms with van der Waals surface area (Å²) in [4.78, 5) is 15.6. The number of alkyl halides is 1. The predicted molar refractivity (Wildman–Crippen MR) is 76.5 cm³/mol. The van der Waals surface area contributed by atoms with Gasteiger partial charge in [-0.3, -0.25) is 5.32 Å². The van der Waals surface area contributed by atoms with Gasteiger partial charge in [0.25, 0.3) is 0 Å². The summed E-state index contributed by atoms with van der Waals surface area (Å²) in [6.07, 6.45) is -0.551. The molecule has 0 fully saturated rings. The smallest absolute Gasteiger partial charge is 0.413 e. The summed E-state index contributed by atoms with van der Waals surface area (Å²) in [6.45, 7) is 2.71. The van der Waals surface area contributed by atoms with E-state index in [2.05, 4.69) is 10.3 Å². The first kappa shape index (κ1) is 13.9. The summed E-state index contributed by atoms with van der Waals surface area (Å²) in [7, 11) is 0. The Morgan fingerprint density at radius 1 is 1.53 bits per heavy atom. The Morgan fingerprint density at radius 3 is 3.11 bits per heavy atom. The van der Waals surface area contributed by atoms with Gasteiger partial charge < -0.3 is 9.47 Å². The molecule has 1 aromatic carbocycles. The maximum atomic E-state index is 11.4. The number of hydrogen-bond acceptors (Lipinski definition) is 5. The van der Waals surface area contributed by atoms with Gasteiger partial charge in [0.15, 0.2) is 5.13 Å². The Hall–Kier alpha value is -1.53. The Morgan fingerprint density at radius 2 is 2.37 bits per heavy atom. The van der Waals surface area contributed by atoms with Crippen molar-refractivity contribution < 1.29 is 14.3 Å². The summed E-state index contributed by atoms with van der Waals surface area (Å²) in [6, 6.07) is 5.60. The molecule has 102 valence electrons. The van der Waals surface area contributed by atoms with Crippen LogP contribution < -0.4 is 10.1 Å². The fourth-order valence-corrected chi connectivity index (χ4v) is 2.43. The molecule has 0 atom stereocenters. The second-order valence-electron chi connectivity index (χ2n) is 3.53. The molecule has 0 unspecified atom stereocenters. The lowest BCUT2D eigenvalue weighted by Crippen LogP contribution is -2.14. The summed E-state index contributed by atoms with van der Waals surface area (Å²) in [5.74, 6) is 1.06. The molecule has 0 spiro atoms. The number of fused-ring (bicyclic) bond motifs is 1. The van der Waals surface area contributed by atoms with Crippen molar-refractivity contribution in [1.29, 1.82) is 0 Å². The normalized spacial score (nSPS) is 10.4. The Bertz CT molecular complexity index is 573. The molecule has 0 aliphatic heterocycles. The highest BCUT2D eigenvalue weighted by Gasteiger charge is 2.09. The molecule has 2 rings (SSSR count). The highest BCUT2D eigenvalue weighted by atomic mass is 35.5. The van der Waals surface area contributed by atoms with Crippen LogP contribution in [0, 0.1) is 0 Å². The number of carbonyl (C=O) groups is 1. The summed E-state index contributed by atoms with van der Waals surface area (Å²) < 4.78 is 11.2. The molecule has 0 bridgehead atoms. The van der Waals surface area contributed by atoms with Crippen molar-refractivity contribution in [3.8, 4) is 5.75 Å². The van der Waals surface area contributed by atoms with Crippen molar-refractivity contribution >= 4 is 44.4 Å². The molecule has 1 heterocycles. The van der Waals surface area contributed by atoms with Crippen molar-refractivity contribution in [2.45, 2.75) is 6.92 Å². The first-order valence-electron chi connectivity index (χ1n) is 5.76. The number of nitrogens with one attached hydrogen (secondary N) is 1. The fourth-order valence-electron chi connectivity index (χ4n) is 1.47. The van der Waals surface area contributed by atoms with E-state index in [1.807, 2.05) is 25.1 Å². The summed E-state index contributed by atoms with van der Waals surface area (Å²) in [5.41, 5.74) is 0.807. The molecule has 0 aliphatic rings. The third-order valence-corrected chi connectivity index (χ3v) is 3.28. The van der Waals surface area contributed by atoms with Crippen molar-refractivity contribution in [2.75, 3.05) is 24.4 Å². The van der Waals surface area contributed by atoms with Crippen LogP contribution in [0.5, 0.6) is 5.75 Å². The average Bonchev–Trinajstić information content (AvgIpc) is 2.78. The molecule has 0 saturated heterocycles. The molecular formula is C12H13ClN2O3S. The number of hydrogen-bond donors (Lipinski definition) is 1. The summed E-state index contributed by atoms with van der Waals surface area (Å²) >= 11 is 6.79. The van der Waals surface area contributed by atoms with Crippen LogP contribution in [0.3, 0.4) is 0 Å². The van der Waals surface area contributed by atoms with Crippen molar-refractivity contribution in [1.82, 2.24) is 4.98 Å². The minimum absolute atomic E-state index is 0.173. The zero-order valence-electron chi connectivity index (χ0n) is 10.3. The van der Waals surface area contributed by atoms with Gasteiger partial charge in [0, 0.05) is 0 Å². The molecule has 1 N–H and O–H groups in total. The van der Waals surface area contributed by atoms with Gasteiger partial charge in [-0.15, -0.1) is 11.6 Å². The fraction of sp³-hybridized carbons (Fsp3) is 0.333. The number of benzene rings is 1. The van der Waals surface area contributed by atoms with Gasteiger partial charge in [-0.25, -0.2) is 9.78 Å². The average molecular weight is 301 g/mol. The lowest BCUT2D eigenvalue weighted by Gasteiger charge is -2.01. The Labute approximate surface area is 119 Å². The molecule has 2 aromatic rings. The molecule has 5 nitrogen and oxygen atoms in total. The van der Waals surface area contributed by atoms with E-state index in [1.54, 1.807) is 0 Å². The molecule has 7 heteroatoms. The van der Waals surface area contributed by atoms with Gasteiger partial charge in [-0.2, -0.15) is 0 Å². The van der Waals surface area contributed by atoms with Crippen LogP contribution in [0.4, 0.5) is 9.93 Å².